The third kappa shape index (κ3) is 4.43. The van der Waals surface area contributed by atoms with Crippen LogP contribution in [-0.4, -0.2) is 14.8 Å². The van der Waals surface area contributed by atoms with Crippen LogP contribution in [0.15, 0.2) is 84.0 Å². The Kier molecular flexibility index (Phi) is 5.74. The topological polar surface area (TPSA) is 30.7 Å². The van der Waals surface area contributed by atoms with E-state index < -0.39 is 0 Å². The lowest BCUT2D eigenvalue weighted by Gasteiger charge is -2.10. The summed E-state index contributed by atoms with van der Waals surface area (Å²) >= 11 is 7.55. The van der Waals surface area contributed by atoms with Crippen LogP contribution in [0.2, 0.25) is 5.02 Å². The second-order valence-corrected chi connectivity index (χ2v) is 7.67. The number of nitrogens with zero attached hydrogens (tertiary/aromatic N) is 3. The predicted octanol–water partition coefficient (Wildman–Crippen LogP) is 5.94. The summed E-state index contributed by atoms with van der Waals surface area (Å²) in [5.41, 5.74) is 3.14. The minimum Gasteiger partial charge on any atom is -0.274 e. The summed E-state index contributed by atoms with van der Waals surface area (Å²) in [6.45, 7) is 0. The molecule has 0 spiro atoms. The van der Waals surface area contributed by atoms with E-state index in [9.17, 15) is 4.39 Å². The van der Waals surface area contributed by atoms with Crippen LogP contribution >= 0.6 is 23.4 Å². The number of hydrogen-bond donors (Lipinski definition) is 0. The minimum atomic E-state index is -0.267. The lowest BCUT2D eigenvalue weighted by molar-refractivity contribution is 0.627. The standard InChI is InChI=1S/C22H17ClFN3S/c23-18-8-6-17(7-9-18)15-28-22-26-25-21(14-16-4-2-1-3-5-16)27(22)20-12-10-19(24)11-13-20/h1-13H,14-15H2. The molecule has 0 bridgehead atoms. The molecule has 0 aliphatic carbocycles. The lowest BCUT2D eigenvalue weighted by Crippen LogP contribution is -2.04. The van der Waals surface area contributed by atoms with Gasteiger partial charge >= 0.3 is 0 Å². The van der Waals surface area contributed by atoms with Crippen molar-refractivity contribution >= 4 is 23.4 Å². The van der Waals surface area contributed by atoms with Gasteiger partial charge in [0.05, 0.1) is 0 Å². The van der Waals surface area contributed by atoms with Crippen molar-refractivity contribution < 1.29 is 4.39 Å². The van der Waals surface area contributed by atoms with Gasteiger partial charge in [0.1, 0.15) is 11.6 Å². The zero-order valence-corrected chi connectivity index (χ0v) is 16.5. The fourth-order valence-corrected chi connectivity index (χ4v) is 3.92. The molecule has 0 aliphatic heterocycles. The van der Waals surface area contributed by atoms with Gasteiger partial charge in [-0.1, -0.05) is 65.8 Å². The summed E-state index contributed by atoms with van der Waals surface area (Å²) in [5.74, 6) is 1.29. The fraction of sp³-hybridized carbons (Fsp3) is 0.0909. The van der Waals surface area contributed by atoms with Crippen molar-refractivity contribution in [2.75, 3.05) is 0 Å². The number of thioether (sulfide) groups is 1. The van der Waals surface area contributed by atoms with Gasteiger partial charge in [0.15, 0.2) is 5.16 Å². The van der Waals surface area contributed by atoms with Crippen molar-refractivity contribution in [2.24, 2.45) is 0 Å². The van der Waals surface area contributed by atoms with Gasteiger partial charge in [0.25, 0.3) is 0 Å². The lowest BCUT2D eigenvalue weighted by atomic mass is 10.1. The Morgan fingerprint density at radius 1 is 0.821 bits per heavy atom. The van der Waals surface area contributed by atoms with Crippen molar-refractivity contribution in [3.63, 3.8) is 0 Å². The fourth-order valence-electron chi connectivity index (χ4n) is 2.86. The first-order valence-corrected chi connectivity index (χ1v) is 10.2. The molecular formula is C22H17ClFN3S. The van der Waals surface area contributed by atoms with E-state index in [4.69, 9.17) is 11.6 Å². The van der Waals surface area contributed by atoms with E-state index in [0.29, 0.717) is 11.4 Å². The summed E-state index contributed by atoms with van der Waals surface area (Å²) in [7, 11) is 0. The van der Waals surface area contributed by atoms with Gasteiger partial charge in [0, 0.05) is 22.9 Å². The Balaban J connectivity index is 1.65. The smallest absolute Gasteiger partial charge is 0.196 e. The zero-order valence-electron chi connectivity index (χ0n) is 14.9. The maximum absolute atomic E-state index is 13.4. The molecule has 0 saturated carbocycles. The van der Waals surface area contributed by atoms with Gasteiger partial charge in [-0.15, -0.1) is 10.2 Å². The number of hydrogen-bond acceptors (Lipinski definition) is 3. The summed E-state index contributed by atoms with van der Waals surface area (Å²) in [6, 6.07) is 24.3. The van der Waals surface area contributed by atoms with Crippen molar-refractivity contribution in [3.05, 3.63) is 107 Å². The molecule has 0 unspecified atom stereocenters. The molecule has 0 aliphatic rings. The number of halogens is 2. The monoisotopic (exact) mass is 409 g/mol. The number of rotatable bonds is 6. The third-order valence-corrected chi connectivity index (χ3v) is 5.52. The number of benzene rings is 3. The molecule has 3 nitrogen and oxygen atoms in total. The zero-order chi connectivity index (χ0) is 19.3. The van der Waals surface area contributed by atoms with Gasteiger partial charge in [-0.05, 0) is 47.5 Å². The molecule has 3 aromatic carbocycles. The van der Waals surface area contributed by atoms with Gasteiger partial charge < -0.3 is 0 Å². The molecule has 1 aromatic heterocycles. The van der Waals surface area contributed by atoms with Crippen LogP contribution in [0.1, 0.15) is 17.0 Å². The molecule has 0 N–H and O–H groups in total. The van der Waals surface area contributed by atoms with Crippen LogP contribution < -0.4 is 0 Å². The van der Waals surface area contributed by atoms with Crippen LogP contribution in [-0.2, 0) is 12.2 Å². The Morgan fingerprint density at radius 3 is 2.25 bits per heavy atom. The number of aromatic nitrogens is 3. The van der Waals surface area contributed by atoms with Gasteiger partial charge in [0.2, 0.25) is 0 Å². The maximum atomic E-state index is 13.4. The Labute approximate surface area is 172 Å². The van der Waals surface area contributed by atoms with E-state index in [-0.39, 0.29) is 5.82 Å². The van der Waals surface area contributed by atoms with Gasteiger partial charge in [-0.3, -0.25) is 4.57 Å². The van der Waals surface area contributed by atoms with Crippen molar-refractivity contribution in [3.8, 4) is 5.69 Å². The highest BCUT2D eigenvalue weighted by Crippen LogP contribution is 2.27. The molecule has 0 amide bonds. The average molecular weight is 410 g/mol. The molecule has 0 saturated heterocycles. The Bertz CT molecular complexity index is 1050. The first kappa shape index (κ1) is 18.7. The summed E-state index contributed by atoms with van der Waals surface area (Å²) in [6.07, 6.45) is 0.646. The second-order valence-electron chi connectivity index (χ2n) is 6.29. The van der Waals surface area contributed by atoms with Crippen molar-refractivity contribution in [1.29, 1.82) is 0 Å². The summed E-state index contributed by atoms with van der Waals surface area (Å²) in [5, 5.41) is 10.3. The molecule has 4 aromatic rings. The molecule has 28 heavy (non-hydrogen) atoms. The molecule has 140 valence electrons. The molecule has 0 radical (unpaired) electrons. The first-order valence-electron chi connectivity index (χ1n) is 8.80. The highest BCUT2D eigenvalue weighted by Gasteiger charge is 2.15. The summed E-state index contributed by atoms with van der Waals surface area (Å²) < 4.78 is 15.4. The van der Waals surface area contributed by atoms with Crippen LogP contribution in [0.4, 0.5) is 4.39 Å². The quantitative estimate of drug-likeness (QED) is 0.369. The largest absolute Gasteiger partial charge is 0.274 e. The molecule has 0 atom stereocenters. The molecule has 6 heteroatoms. The van der Waals surface area contributed by atoms with Gasteiger partial charge in [-0.2, -0.15) is 0 Å². The molecule has 0 fully saturated rings. The third-order valence-electron chi connectivity index (χ3n) is 4.27. The normalized spacial score (nSPS) is 10.9. The minimum absolute atomic E-state index is 0.267. The van der Waals surface area contributed by atoms with Crippen LogP contribution in [0.3, 0.4) is 0 Å². The highest BCUT2D eigenvalue weighted by molar-refractivity contribution is 7.98. The van der Waals surface area contributed by atoms with Crippen molar-refractivity contribution in [2.45, 2.75) is 17.3 Å². The molecule has 1 heterocycles. The molecule has 4 rings (SSSR count). The molecular weight excluding hydrogens is 393 g/mol. The van der Waals surface area contributed by atoms with E-state index in [1.807, 2.05) is 47.0 Å². The van der Waals surface area contributed by atoms with E-state index in [1.54, 1.807) is 23.9 Å². The highest BCUT2D eigenvalue weighted by atomic mass is 35.5. The Hall–Kier alpha value is -2.63. The van der Waals surface area contributed by atoms with Crippen LogP contribution in [0, 0.1) is 5.82 Å². The van der Waals surface area contributed by atoms with Gasteiger partial charge in [-0.25, -0.2) is 4.39 Å². The van der Waals surface area contributed by atoms with Crippen LogP contribution in [0.25, 0.3) is 5.69 Å². The summed E-state index contributed by atoms with van der Waals surface area (Å²) in [4.78, 5) is 0. The van der Waals surface area contributed by atoms with E-state index in [0.717, 1.165) is 33.5 Å². The van der Waals surface area contributed by atoms with Crippen molar-refractivity contribution in [1.82, 2.24) is 14.8 Å². The van der Waals surface area contributed by atoms with Crippen LogP contribution in [0.5, 0.6) is 0 Å². The first-order chi connectivity index (χ1) is 13.7. The predicted molar refractivity (Wildman–Crippen MR) is 112 cm³/mol. The SMILES string of the molecule is Fc1ccc(-n2c(Cc3ccccc3)nnc2SCc2ccc(Cl)cc2)cc1. The average Bonchev–Trinajstić information content (AvgIpc) is 3.11. The van der Waals surface area contributed by atoms with E-state index in [2.05, 4.69) is 22.3 Å². The second kappa shape index (κ2) is 8.59. The Morgan fingerprint density at radius 2 is 1.54 bits per heavy atom. The van der Waals surface area contributed by atoms with E-state index >= 15 is 0 Å². The van der Waals surface area contributed by atoms with E-state index in [1.165, 1.54) is 12.1 Å². The maximum Gasteiger partial charge on any atom is 0.196 e.